The number of methoxy groups -OCH3 is 2. The van der Waals surface area contributed by atoms with Crippen molar-refractivity contribution in [2.45, 2.75) is 6.17 Å². The molecule has 31 heavy (non-hydrogen) atoms. The maximum absolute atomic E-state index is 13.2. The molecule has 2 aromatic rings. The number of ketones is 1. The minimum Gasteiger partial charge on any atom is -0.493 e. The number of thioether (sulfide) groups is 1. The van der Waals surface area contributed by atoms with Crippen molar-refractivity contribution < 1.29 is 23.5 Å². The summed E-state index contributed by atoms with van der Waals surface area (Å²) >= 11 is 1.22. The van der Waals surface area contributed by atoms with Gasteiger partial charge in [-0.3, -0.25) is 24.8 Å². The number of rotatable bonds is 6. The monoisotopic (exact) mass is 442 g/mol. The number of fused-ring (bicyclic) bond motifs is 1. The van der Waals surface area contributed by atoms with Gasteiger partial charge in [0.15, 0.2) is 22.4 Å². The first-order valence-corrected chi connectivity index (χ1v) is 10.3. The van der Waals surface area contributed by atoms with Gasteiger partial charge in [0, 0.05) is 23.7 Å². The van der Waals surface area contributed by atoms with Gasteiger partial charge in [0.2, 0.25) is 6.17 Å². The lowest BCUT2D eigenvalue weighted by Crippen LogP contribution is -2.52. The van der Waals surface area contributed by atoms with Crippen molar-refractivity contribution in [3.8, 4) is 11.5 Å². The van der Waals surface area contributed by atoms with Gasteiger partial charge in [0.05, 0.1) is 20.0 Å². The van der Waals surface area contributed by atoms with Crippen molar-refractivity contribution in [3.63, 3.8) is 0 Å². The molecule has 1 amide bonds. The van der Waals surface area contributed by atoms with Crippen LogP contribution in [0.3, 0.4) is 0 Å². The highest BCUT2D eigenvalue weighted by atomic mass is 32.2. The lowest BCUT2D eigenvalue weighted by atomic mass is 10.1. The lowest BCUT2D eigenvalue weighted by Gasteiger charge is -2.31. The van der Waals surface area contributed by atoms with Gasteiger partial charge in [-0.25, -0.2) is 4.39 Å². The van der Waals surface area contributed by atoms with Crippen LogP contribution in [0.2, 0.25) is 0 Å². The summed E-state index contributed by atoms with van der Waals surface area (Å²) in [5.41, 5.74) is 3.83. The summed E-state index contributed by atoms with van der Waals surface area (Å²) in [6, 6.07) is 10.6. The van der Waals surface area contributed by atoms with E-state index in [0.29, 0.717) is 27.9 Å². The Morgan fingerprint density at radius 2 is 1.87 bits per heavy atom. The molecule has 0 aliphatic carbocycles. The summed E-state index contributed by atoms with van der Waals surface area (Å²) in [6.07, 6.45) is 2.56. The predicted octanol–water partition coefficient (Wildman–Crippen LogP) is 2.78. The highest BCUT2D eigenvalue weighted by molar-refractivity contribution is 8.14. The van der Waals surface area contributed by atoms with Crippen molar-refractivity contribution in [3.05, 3.63) is 66.2 Å². The predicted molar refractivity (Wildman–Crippen MR) is 116 cm³/mol. The standard InChI is InChI=1S/C21H19FN4O4S/c1-29-17-8-3-13(11-18(17)30-2)16(27)12-31-21-24-23-19-20(28)25(9-10-26(19)21)15-6-4-14(22)5-7-15/h3-11,19,23H,12H2,1-2H3. The number of anilines is 1. The van der Waals surface area contributed by atoms with Gasteiger partial charge in [-0.05, 0) is 42.5 Å². The highest BCUT2D eigenvalue weighted by Crippen LogP contribution is 2.29. The van der Waals surface area contributed by atoms with Crippen LogP contribution in [-0.4, -0.2) is 47.9 Å². The minimum atomic E-state index is -0.728. The molecule has 8 nitrogen and oxygen atoms in total. The number of amides is 1. The van der Waals surface area contributed by atoms with E-state index < -0.39 is 6.17 Å². The van der Waals surface area contributed by atoms with E-state index in [2.05, 4.69) is 10.5 Å². The van der Waals surface area contributed by atoms with Gasteiger partial charge in [0.1, 0.15) is 5.82 Å². The molecule has 0 aromatic heterocycles. The van der Waals surface area contributed by atoms with Gasteiger partial charge in [-0.15, -0.1) is 0 Å². The lowest BCUT2D eigenvalue weighted by molar-refractivity contribution is -0.122. The van der Waals surface area contributed by atoms with E-state index in [9.17, 15) is 14.0 Å². The zero-order chi connectivity index (χ0) is 22.0. The summed E-state index contributed by atoms with van der Waals surface area (Å²) in [4.78, 5) is 28.5. The number of halogens is 1. The Balaban J connectivity index is 1.42. The summed E-state index contributed by atoms with van der Waals surface area (Å²) < 4.78 is 23.6. The third-order valence-electron chi connectivity index (χ3n) is 4.77. The van der Waals surface area contributed by atoms with Crippen LogP contribution in [0.25, 0.3) is 0 Å². The maximum atomic E-state index is 13.2. The highest BCUT2D eigenvalue weighted by Gasteiger charge is 2.38. The van der Waals surface area contributed by atoms with Crippen LogP contribution >= 0.6 is 11.8 Å². The molecule has 0 bridgehead atoms. The number of hydrogen-bond acceptors (Lipinski definition) is 8. The van der Waals surface area contributed by atoms with Gasteiger partial charge < -0.3 is 9.47 Å². The van der Waals surface area contributed by atoms with E-state index in [1.54, 1.807) is 35.5 Å². The second-order valence-electron chi connectivity index (χ2n) is 6.60. The van der Waals surface area contributed by atoms with Crippen molar-refractivity contribution in [2.75, 3.05) is 24.9 Å². The molecule has 0 saturated carbocycles. The van der Waals surface area contributed by atoms with E-state index >= 15 is 0 Å². The fraction of sp³-hybridized carbons (Fsp3) is 0.190. The minimum absolute atomic E-state index is 0.114. The van der Waals surface area contributed by atoms with Gasteiger partial charge >= 0.3 is 0 Å². The van der Waals surface area contributed by atoms with Crippen LogP contribution in [0.5, 0.6) is 11.5 Å². The number of carbonyl (C=O) groups excluding carboxylic acids is 2. The maximum Gasteiger partial charge on any atom is 0.276 e. The molecule has 4 rings (SSSR count). The van der Waals surface area contributed by atoms with Crippen LogP contribution < -0.4 is 19.8 Å². The molecule has 0 radical (unpaired) electrons. The first-order chi connectivity index (χ1) is 15.0. The van der Waals surface area contributed by atoms with Crippen molar-refractivity contribution in [1.82, 2.24) is 10.3 Å². The molecular formula is C21H19FN4O4S. The summed E-state index contributed by atoms with van der Waals surface area (Å²) in [7, 11) is 3.04. The van der Waals surface area contributed by atoms with Crippen LogP contribution in [0.1, 0.15) is 10.4 Å². The number of benzene rings is 2. The molecule has 2 aromatic carbocycles. The van der Waals surface area contributed by atoms with Gasteiger partial charge in [-0.1, -0.05) is 11.8 Å². The van der Waals surface area contributed by atoms with E-state index in [1.807, 2.05) is 0 Å². The topological polar surface area (TPSA) is 83.5 Å². The molecule has 10 heteroatoms. The van der Waals surface area contributed by atoms with E-state index in [4.69, 9.17) is 9.47 Å². The van der Waals surface area contributed by atoms with Crippen LogP contribution in [0, 0.1) is 5.82 Å². The van der Waals surface area contributed by atoms with Crippen molar-refractivity contribution in [2.24, 2.45) is 5.10 Å². The molecule has 1 atom stereocenters. The zero-order valence-electron chi connectivity index (χ0n) is 16.7. The molecule has 2 heterocycles. The number of carbonyl (C=O) groups is 2. The summed E-state index contributed by atoms with van der Waals surface area (Å²) in [5, 5.41) is 4.70. The third kappa shape index (κ3) is 4.06. The van der Waals surface area contributed by atoms with Crippen LogP contribution in [0.15, 0.2) is 60.0 Å². The van der Waals surface area contributed by atoms with Crippen LogP contribution in [0.4, 0.5) is 10.1 Å². The average Bonchev–Trinajstić information content (AvgIpc) is 3.22. The van der Waals surface area contributed by atoms with Crippen molar-refractivity contribution in [1.29, 1.82) is 0 Å². The number of amidine groups is 1. The summed E-state index contributed by atoms with van der Waals surface area (Å²) in [5.74, 6) is 0.393. The molecular weight excluding hydrogens is 423 g/mol. The first-order valence-electron chi connectivity index (χ1n) is 9.28. The summed E-state index contributed by atoms with van der Waals surface area (Å²) in [6.45, 7) is 0. The Morgan fingerprint density at radius 3 is 2.58 bits per heavy atom. The van der Waals surface area contributed by atoms with Gasteiger partial charge in [0.25, 0.3) is 5.91 Å². The normalized spacial score (nSPS) is 17.2. The van der Waals surface area contributed by atoms with Crippen LogP contribution in [-0.2, 0) is 4.79 Å². The molecule has 0 saturated heterocycles. The zero-order valence-corrected chi connectivity index (χ0v) is 17.6. The molecule has 2 aliphatic heterocycles. The smallest absolute Gasteiger partial charge is 0.276 e. The molecule has 2 aliphatic rings. The van der Waals surface area contributed by atoms with Gasteiger partial charge in [-0.2, -0.15) is 5.10 Å². The molecule has 160 valence electrons. The molecule has 0 fully saturated rings. The largest absolute Gasteiger partial charge is 0.493 e. The Kier molecular flexibility index (Phi) is 5.81. The van der Waals surface area contributed by atoms with Crippen molar-refractivity contribution >= 4 is 34.3 Å². The van der Waals surface area contributed by atoms with E-state index in [0.717, 1.165) is 0 Å². The second kappa shape index (κ2) is 8.68. The fourth-order valence-corrected chi connectivity index (χ4v) is 4.02. The Bertz CT molecular complexity index is 1070. The van der Waals surface area contributed by atoms with E-state index in [-0.39, 0.29) is 23.3 Å². The number of hydrogen-bond donors (Lipinski definition) is 1. The number of Topliss-reactive ketones (excluding diaryl/α,β-unsaturated/α-hetero) is 1. The number of nitrogens with one attached hydrogen (secondary N) is 1. The Labute approximate surface area is 182 Å². The first kappa shape index (κ1) is 20.7. The molecule has 1 N–H and O–H groups in total. The number of nitrogens with zero attached hydrogens (tertiary/aromatic N) is 3. The molecule has 0 spiro atoms. The third-order valence-corrected chi connectivity index (χ3v) is 5.74. The Morgan fingerprint density at radius 1 is 1.13 bits per heavy atom. The average molecular weight is 442 g/mol. The fourth-order valence-electron chi connectivity index (χ4n) is 3.16. The second-order valence-corrected chi connectivity index (χ2v) is 7.54. The van der Waals surface area contributed by atoms with E-state index in [1.165, 1.54) is 55.1 Å². The quantitative estimate of drug-likeness (QED) is 0.689. The SMILES string of the molecule is COc1ccc(C(=O)CSC2=NNC3C(=O)N(c4ccc(F)cc4)C=CN23)cc1OC. The molecule has 1 unspecified atom stereocenters. The number of ether oxygens (including phenoxy) is 2. The Hall–Kier alpha value is -3.53. The number of hydrazone groups is 1.